The Balaban J connectivity index is 2.12. The van der Waals surface area contributed by atoms with Gasteiger partial charge in [-0.2, -0.15) is 0 Å². The Morgan fingerprint density at radius 1 is 1.47 bits per heavy atom. The normalized spacial score (nSPS) is 23.4. The number of ether oxygens (including phenoxy) is 1. The molecule has 0 radical (unpaired) electrons. The quantitative estimate of drug-likeness (QED) is 0.821. The lowest BCUT2D eigenvalue weighted by atomic mass is 10.2. The molecule has 19 heavy (non-hydrogen) atoms. The van der Waals surface area contributed by atoms with Crippen molar-refractivity contribution in [2.75, 3.05) is 13.2 Å². The first-order valence-electron chi connectivity index (χ1n) is 6.24. The van der Waals surface area contributed by atoms with E-state index in [0.29, 0.717) is 13.2 Å². The lowest BCUT2D eigenvalue weighted by molar-refractivity contribution is -0.143. The molecule has 0 saturated carbocycles. The van der Waals surface area contributed by atoms with Crippen LogP contribution in [0.5, 0.6) is 0 Å². The molecule has 1 aromatic rings. The van der Waals surface area contributed by atoms with E-state index in [9.17, 15) is 9.59 Å². The zero-order chi connectivity index (χ0) is 14.0. The highest BCUT2D eigenvalue weighted by molar-refractivity contribution is 9.10. The molecule has 2 atom stereocenters. The number of halogens is 1. The number of morpholine rings is 1. The minimum atomic E-state index is -0.175. The van der Waals surface area contributed by atoms with Crippen molar-refractivity contribution in [2.24, 2.45) is 0 Å². The second-order valence-corrected chi connectivity index (χ2v) is 5.77. The number of rotatable bonds is 2. The van der Waals surface area contributed by atoms with Crippen molar-refractivity contribution < 1.29 is 9.53 Å². The van der Waals surface area contributed by atoms with Crippen LogP contribution in [0.4, 0.5) is 0 Å². The summed E-state index contributed by atoms with van der Waals surface area (Å²) in [6.45, 7) is 5.07. The van der Waals surface area contributed by atoms with Crippen molar-refractivity contribution >= 4 is 21.8 Å². The van der Waals surface area contributed by atoms with Crippen LogP contribution in [0.1, 0.15) is 13.8 Å². The summed E-state index contributed by atoms with van der Waals surface area (Å²) in [5.74, 6) is -0.0529. The van der Waals surface area contributed by atoms with Crippen LogP contribution in [0, 0.1) is 0 Å². The van der Waals surface area contributed by atoms with Crippen molar-refractivity contribution in [2.45, 2.75) is 32.5 Å². The van der Waals surface area contributed by atoms with Crippen LogP contribution in [-0.2, 0) is 16.1 Å². The molecule has 1 amide bonds. The third kappa shape index (κ3) is 3.45. The van der Waals surface area contributed by atoms with Crippen molar-refractivity contribution in [3.63, 3.8) is 0 Å². The van der Waals surface area contributed by atoms with Gasteiger partial charge in [0.25, 0.3) is 5.56 Å². The van der Waals surface area contributed by atoms with Crippen molar-refractivity contribution in [1.29, 1.82) is 0 Å². The summed E-state index contributed by atoms with van der Waals surface area (Å²) in [4.78, 5) is 25.7. The van der Waals surface area contributed by atoms with Crippen molar-refractivity contribution in [3.05, 3.63) is 33.2 Å². The molecule has 1 aliphatic heterocycles. The number of carbonyl (C=O) groups is 1. The summed E-state index contributed by atoms with van der Waals surface area (Å²) in [5.41, 5.74) is -0.175. The zero-order valence-corrected chi connectivity index (χ0v) is 12.6. The first-order chi connectivity index (χ1) is 8.97. The molecule has 1 fully saturated rings. The average molecular weight is 329 g/mol. The van der Waals surface area contributed by atoms with Crippen LogP contribution in [0.3, 0.4) is 0 Å². The second kappa shape index (κ2) is 5.88. The minimum absolute atomic E-state index is 0.0411. The molecule has 1 aliphatic rings. The molecular formula is C13H17BrN2O3. The molecule has 0 N–H and O–H groups in total. The molecule has 0 spiro atoms. The number of hydrogen-bond acceptors (Lipinski definition) is 3. The molecule has 1 saturated heterocycles. The summed E-state index contributed by atoms with van der Waals surface area (Å²) in [6, 6.07) is 3.16. The van der Waals surface area contributed by atoms with Crippen LogP contribution in [0.15, 0.2) is 27.6 Å². The van der Waals surface area contributed by atoms with Crippen LogP contribution < -0.4 is 5.56 Å². The molecule has 2 unspecified atom stereocenters. The first-order valence-corrected chi connectivity index (χ1v) is 7.03. The highest BCUT2D eigenvalue weighted by Gasteiger charge is 2.27. The van der Waals surface area contributed by atoms with Crippen molar-refractivity contribution in [1.82, 2.24) is 9.47 Å². The van der Waals surface area contributed by atoms with Gasteiger partial charge in [0, 0.05) is 23.3 Å². The third-order valence-corrected chi connectivity index (χ3v) is 3.65. The fourth-order valence-corrected chi connectivity index (χ4v) is 2.49. The fourth-order valence-electron chi connectivity index (χ4n) is 2.11. The molecular weight excluding hydrogens is 312 g/mol. The monoisotopic (exact) mass is 328 g/mol. The van der Waals surface area contributed by atoms with Gasteiger partial charge in [-0.25, -0.2) is 0 Å². The average Bonchev–Trinajstić information content (AvgIpc) is 2.36. The largest absolute Gasteiger partial charge is 0.375 e. The first kappa shape index (κ1) is 14.3. The van der Waals surface area contributed by atoms with Gasteiger partial charge in [-0.1, -0.05) is 0 Å². The van der Waals surface area contributed by atoms with Crippen LogP contribution in [-0.4, -0.2) is 40.7 Å². The van der Waals surface area contributed by atoms with E-state index in [4.69, 9.17) is 4.74 Å². The van der Waals surface area contributed by atoms with Gasteiger partial charge in [-0.05, 0) is 35.8 Å². The van der Waals surface area contributed by atoms with E-state index in [1.165, 1.54) is 10.6 Å². The van der Waals surface area contributed by atoms with E-state index in [1.807, 2.05) is 13.8 Å². The number of aromatic nitrogens is 1. The number of amides is 1. The third-order valence-electron chi connectivity index (χ3n) is 3.18. The lowest BCUT2D eigenvalue weighted by Crippen LogP contribution is -2.51. The molecule has 0 bridgehead atoms. The van der Waals surface area contributed by atoms with Crippen LogP contribution in [0.2, 0.25) is 0 Å². The summed E-state index contributed by atoms with van der Waals surface area (Å²) >= 11 is 3.30. The Morgan fingerprint density at radius 2 is 2.21 bits per heavy atom. The molecule has 2 heterocycles. The maximum Gasteiger partial charge on any atom is 0.251 e. The predicted molar refractivity (Wildman–Crippen MR) is 75.0 cm³/mol. The van der Waals surface area contributed by atoms with Gasteiger partial charge < -0.3 is 14.2 Å². The highest BCUT2D eigenvalue weighted by Crippen LogP contribution is 2.12. The van der Waals surface area contributed by atoms with Crippen LogP contribution in [0.25, 0.3) is 0 Å². The Morgan fingerprint density at radius 3 is 2.95 bits per heavy atom. The lowest BCUT2D eigenvalue weighted by Gasteiger charge is -2.36. The zero-order valence-electron chi connectivity index (χ0n) is 11.0. The topological polar surface area (TPSA) is 51.5 Å². The Hall–Kier alpha value is -1.14. The minimum Gasteiger partial charge on any atom is -0.375 e. The molecule has 2 rings (SSSR count). The Kier molecular flexibility index (Phi) is 4.42. The number of carbonyl (C=O) groups excluding carboxylic acids is 1. The van der Waals surface area contributed by atoms with E-state index in [1.54, 1.807) is 17.2 Å². The molecule has 0 aromatic carbocycles. The standard InChI is InChI=1S/C13H17BrN2O3/c1-9-8-19-10(2)5-16(9)13(18)7-15-6-11(14)3-4-12(15)17/h3-4,6,9-10H,5,7-8H2,1-2H3. The molecule has 6 heteroatoms. The fraction of sp³-hybridized carbons (Fsp3) is 0.538. The number of pyridine rings is 1. The van der Waals surface area contributed by atoms with Gasteiger partial charge >= 0.3 is 0 Å². The van der Waals surface area contributed by atoms with Crippen molar-refractivity contribution in [3.8, 4) is 0 Å². The maximum absolute atomic E-state index is 12.3. The molecule has 5 nitrogen and oxygen atoms in total. The summed E-state index contributed by atoms with van der Waals surface area (Å²) < 4.78 is 7.69. The summed E-state index contributed by atoms with van der Waals surface area (Å²) in [6.07, 6.45) is 1.67. The Labute approximate surface area is 120 Å². The molecule has 104 valence electrons. The second-order valence-electron chi connectivity index (χ2n) is 4.85. The van der Waals surface area contributed by atoms with Gasteiger partial charge in [0.05, 0.1) is 18.8 Å². The van der Waals surface area contributed by atoms with E-state index in [-0.39, 0.29) is 30.2 Å². The molecule has 1 aromatic heterocycles. The smallest absolute Gasteiger partial charge is 0.251 e. The number of nitrogens with zero attached hydrogens (tertiary/aromatic N) is 2. The van der Waals surface area contributed by atoms with E-state index in [0.717, 1.165) is 4.47 Å². The Bertz CT molecular complexity index is 529. The van der Waals surface area contributed by atoms with E-state index in [2.05, 4.69) is 15.9 Å². The van der Waals surface area contributed by atoms with Gasteiger partial charge in [0.2, 0.25) is 5.91 Å². The SMILES string of the molecule is CC1CN(C(=O)Cn2cc(Br)ccc2=O)C(C)CO1. The van der Waals surface area contributed by atoms with Gasteiger partial charge in [0.1, 0.15) is 6.54 Å². The van der Waals surface area contributed by atoms with E-state index >= 15 is 0 Å². The van der Waals surface area contributed by atoms with Gasteiger partial charge in [0.15, 0.2) is 0 Å². The summed E-state index contributed by atoms with van der Waals surface area (Å²) in [5, 5.41) is 0. The summed E-state index contributed by atoms with van der Waals surface area (Å²) in [7, 11) is 0. The van der Waals surface area contributed by atoms with Crippen LogP contribution >= 0.6 is 15.9 Å². The molecule has 0 aliphatic carbocycles. The van der Waals surface area contributed by atoms with Gasteiger partial charge in [-0.15, -0.1) is 0 Å². The van der Waals surface area contributed by atoms with E-state index < -0.39 is 0 Å². The number of hydrogen-bond donors (Lipinski definition) is 0. The van der Waals surface area contributed by atoms with Gasteiger partial charge in [-0.3, -0.25) is 9.59 Å². The highest BCUT2D eigenvalue weighted by atomic mass is 79.9. The maximum atomic E-state index is 12.3. The predicted octanol–water partition coefficient (Wildman–Crippen LogP) is 1.25.